The zero-order valence-electron chi connectivity index (χ0n) is 8.27. The van der Waals surface area contributed by atoms with E-state index in [0.29, 0.717) is 17.2 Å². The van der Waals surface area contributed by atoms with Gasteiger partial charge in [0.15, 0.2) is 0 Å². The highest BCUT2D eigenvalue weighted by molar-refractivity contribution is 7.91. The summed E-state index contributed by atoms with van der Waals surface area (Å²) in [5, 5.41) is 0. The first kappa shape index (κ1) is 12.4. The quantitative estimate of drug-likeness (QED) is 0.726. The summed E-state index contributed by atoms with van der Waals surface area (Å²) < 4.78 is 26.0. The third kappa shape index (κ3) is 3.42. The highest BCUT2D eigenvalue weighted by atomic mass is 32.2. The largest absolute Gasteiger partial charge is 0.330 e. The fourth-order valence-electron chi connectivity index (χ4n) is 1.02. The number of rotatable bonds is 6. The number of nitrogens with two attached hydrogens (primary N) is 1. The van der Waals surface area contributed by atoms with Gasteiger partial charge in [0, 0.05) is 11.4 Å². The Morgan fingerprint density at radius 2 is 2.27 bits per heavy atom. The van der Waals surface area contributed by atoms with E-state index >= 15 is 0 Å². The van der Waals surface area contributed by atoms with Crippen molar-refractivity contribution in [2.45, 2.75) is 10.6 Å². The molecule has 0 aliphatic rings. The first-order valence-electron chi connectivity index (χ1n) is 4.49. The first-order valence-corrected chi connectivity index (χ1v) is 6.79. The van der Waals surface area contributed by atoms with E-state index in [0.717, 1.165) is 4.88 Å². The number of hydrogen-bond donors (Lipinski definition) is 2. The van der Waals surface area contributed by atoms with Gasteiger partial charge in [0.25, 0.3) is 0 Å². The van der Waals surface area contributed by atoms with Crippen LogP contribution in [0, 0.1) is 0 Å². The second-order valence-corrected chi connectivity index (χ2v) is 6.06. The molecule has 0 saturated carbocycles. The van der Waals surface area contributed by atoms with Crippen molar-refractivity contribution in [3.63, 3.8) is 0 Å². The maximum absolute atomic E-state index is 11.6. The molecule has 0 atom stereocenters. The van der Waals surface area contributed by atoms with E-state index in [1.165, 1.54) is 17.4 Å². The molecule has 0 aliphatic heterocycles. The van der Waals surface area contributed by atoms with Gasteiger partial charge >= 0.3 is 0 Å². The van der Waals surface area contributed by atoms with E-state index in [4.69, 9.17) is 5.73 Å². The second kappa shape index (κ2) is 5.41. The molecule has 1 aromatic rings. The Morgan fingerprint density at radius 1 is 1.53 bits per heavy atom. The van der Waals surface area contributed by atoms with Crippen LogP contribution in [0.5, 0.6) is 0 Å². The minimum Gasteiger partial charge on any atom is -0.330 e. The normalized spacial score (nSPS) is 11.5. The molecule has 0 aromatic carbocycles. The number of nitrogens with one attached hydrogen (secondary N) is 1. The summed E-state index contributed by atoms with van der Waals surface area (Å²) in [6.45, 7) is 4.22. The minimum atomic E-state index is -3.36. The van der Waals surface area contributed by atoms with Crippen molar-refractivity contribution < 1.29 is 8.42 Å². The van der Waals surface area contributed by atoms with Crippen LogP contribution in [0.2, 0.25) is 0 Å². The van der Waals surface area contributed by atoms with Gasteiger partial charge in [0.05, 0.1) is 0 Å². The Kier molecular flexibility index (Phi) is 4.46. The molecular weight excluding hydrogens is 232 g/mol. The van der Waals surface area contributed by atoms with Crippen LogP contribution >= 0.6 is 11.3 Å². The highest BCUT2D eigenvalue weighted by Crippen LogP contribution is 2.21. The van der Waals surface area contributed by atoms with Crippen molar-refractivity contribution in [3.8, 4) is 0 Å². The maximum atomic E-state index is 11.6. The SMILES string of the molecule is C=CCNS(=O)(=O)c1ccc(CCN)s1. The van der Waals surface area contributed by atoms with Gasteiger partial charge in [-0.3, -0.25) is 0 Å². The van der Waals surface area contributed by atoms with Gasteiger partial charge in [-0.15, -0.1) is 17.9 Å². The minimum absolute atomic E-state index is 0.243. The van der Waals surface area contributed by atoms with Gasteiger partial charge in [0.2, 0.25) is 10.0 Å². The molecule has 0 amide bonds. The zero-order valence-corrected chi connectivity index (χ0v) is 9.90. The van der Waals surface area contributed by atoms with Crippen molar-refractivity contribution in [1.29, 1.82) is 0 Å². The summed E-state index contributed by atoms with van der Waals surface area (Å²) >= 11 is 1.25. The fraction of sp³-hybridized carbons (Fsp3) is 0.333. The van der Waals surface area contributed by atoms with E-state index < -0.39 is 10.0 Å². The second-order valence-electron chi connectivity index (χ2n) is 2.90. The molecule has 0 fully saturated rings. The van der Waals surface area contributed by atoms with Crippen molar-refractivity contribution in [2.24, 2.45) is 5.73 Å². The van der Waals surface area contributed by atoms with E-state index in [-0.39, 0.29) is 6.54 Å². The predicted molar refractivity (Wildman–Crippen MR) is 62.5 cm³/mol. The van der Waals surface area contributed by atoms with Crippen LogP contribution in [0.1, 0.15) is 4.88 Å². The molecule has 1 heterocycles. The lowest BCUT2D eigenvalue weighted by Gasteiger charge is -2.00. The molecule has 0 spiro atoms. The summed E-state index contributed by atoms with van der Waals surface area (Å²) in [6, 6.07) is 3.39. The Bertz CT molecular complexity index is 423. The van der Waals surface area contributed by atoms with E-state index in [9.17, 15) is 8.42 Å². The molecule has 3 N–H and O–H groups in total. The molecule has 1 aromatic heterocycles. The smallest absolute Gasteiger partial charge is 0.250 e. The van der Waals surface area contributed by atoms with E-state index in [1.54, 1.807) is 12.1 Å². The topological polar surface area (TPSA) is 72.2 Å². The van der Waals surface area contributed by atoms with Crippen LogP contribution in [-0.2, 0) is 16.4 Å². The van der Waals surface area contributed by atoms with Gasteiger partial charge in [-0.25, -0.2) is 13.1 Å². The average molecular weight is 246 g/mol. The van der Waals surface area contributed by atoms with Crippen LogP contribution in [-0.4, -0.2) is 21.5 Å². The average Bonchev–Trinajstić information content (AvgIpc) is 2.65. The summed E-state index contributed by atoms with van der Waals surface area (Å²) in [6.07, 6.45) is 2.22. The Morgan fingerprint density at radius 3 is 2.87 bits per heavy atom. The molecule has 4 nitrogen and oxygen atoms in total. The number of thiophene rings is 1. The van der Waals surface area contributed by atoms with Gasteiger partial charge in [0.1, 0.15) is 4.21 Å². The number of sulfonamides is 1. The molecule has 6 heteroatoms. The van der Waals surface area contributed by atoms with Crippen LogP contribution in [0.15, 0.2) is 29.0 Å². The summed E-state index contributed by atoms with van der Waals surface area (Å²) in [4.78, 5) is 0.983. The third-order valence-electron chi connectivity index (χ3n) is 1.71. The highest BCUT2D eigenvalue weighted by Gasteiger charge is 2.15. The number of hydrogen-bond acceptors (Lipinski definition) is 4. The summed E-state index contributed by atoms with van der Waals surface area (Å²) in [5.41, 5.74) is 5.39. The monoisotopic (exact) mass is 246 g/mol. The Labute approximate surface area is 93.9 Å². The lowest BCUT2D eigenvalue weighted by atomic mass is 10.3. The van der Waals surface area contributed by atoms with Crippen molar-refractivity contribution >= 4 is 21.4 Å². The van der Waals surface area contributed by atoms with Gasteiger partial charge in [-0.05, 0) is 25.1 Å². The standard InChI is InChI=1S/C9H14N2O2S2/c1-2-7-11-15(12,13)9-4-3-8(14-9)5-6-10/h2-4,11H,1,5-7,10H2. The summed E-state index contributed by atoms with van der Waals surface area (Å²) in [7, 11) is -3.36. The molecule has 0 radical (unpaired) electrons. The molecular formula is C9H14N2O2S2. The van der Waals surface area contributed by atoms with Gasteiger partial charge in [-0.1, -0.05) is 6.08 Å². The van der Waals surface area contributed by atoms with Gasteiger partial charge in [-0.2, -0.15) is 0 Å². The zero-order chi connectivity index (χ0) is 11.3. The lowest BCUT2D eigenvalue weighted by molar-refractivity contribution is 0.588. The molecule has 84 valence electrons. The Balaban J connectivity index is 2.80. The molecule has 0 saturated heterocycles. The third-order valence-corrected chi connectivity index (χ3v) is 4.77. The molecule has 1 rings (SSSR count). The predicted octanol–water partition coefficient (Wildman–Crippen LogP) is 0.714. The Hall–Kier alpha value is -0.690. The summed E-state index contributed by atoms with van der Waals surface area (Å²) in [5.74, 6) is 0. The molecule has 0 bridgehead atoms. The molecule has 0 aliphatic carbocycles. The van der Waals surface area contributed by atoms with Gasteiger partial charge < -0.3 is 5.73 Å². The van der Waals surface area contributed by atoms with E-state index in [2.05, 4.69) is 11.3 Å². The van der Waals surface area contributed by atoms with Crippen LogP contribution in [0.3, 0.4) is 0 Å². The lowest BCUT2D eigenvalue weighted by Crippen LogP contribution is -2.22. The van der Waals surface area contributed by atoms with E-state index in [1.807, 2.05) is 0 Å². The van der Waals surface area contributed by atoms with Crippen molar-refractivity contribution in [3.05, 3.63) is 29.7 Å². The van der Waals surface area contributed by atoms with Crippen molar-refractivity contribution in [2.75, 3.05) is 13.1 Å². The van der Waals surface area contributed by atoms with Crippen LogP contribution in [0.25, 0.3) is 0 Å². The van der Waals surface area contributed by atoms with Crippen molar-refractivity contribution in [1.82, 2.24) is 4.72 Å². The van der Waals surface area contributed by atoms with Crippen LogP contribution in [0.4, 0.5) is 0 Å². The molecule has 0 unspecified atom stereocenters. The first-order chi connectivity index (χ1) is 7.10. The fourth-order valence-corrected chi connectivity index (χ4v) is 3.43. The molecule has 15 heavy (non-hydrogen) atoms. The maximum Gasteiger partial charge on any atom is 0.250 e. The van der Waals surface area contributed by atoms with Crippen LogP contribution < -0.4 is 10.5 Å².